The molecule has 1 saturated carbocycles. The normalized spacial score (nSPS) is 21.6. The molecule has 0 amide bonds. The number of allylic oxidation sites excluding steroid dienone is 2. The number of hydrogen-bond acceptors (Lipinski definition) is 7. The van der Waals surface area contributed by atoms with E-state index in [1.807, 2.05) is 0 Å². The van der Waals surface area contributed by atoms with E-state index in [0.29, 0.717) is 61.3 Å². The zero-order valence-electron chi connectivity index (χ0n) is 14.1. The summed E-state index contributed by atoms with van der Waals surface area (Å²) >= 11 is 0. The maximum Gasteiger partial charge on any atom is 0.168 e. The van der Waals surface area contributed by atoms with Crippen molar-refractivity contribution < 1.29 is 24.3 Å². The lowest BCUT2D eigenvalue weighted by atomic mass is 9.89. The van der Waals surface area contributed by atoms with Crippen LogP contribution < -0.4 is 0 Å². The van der Waals surface area contributed by atoms with Crippen LogP contribution in [0.25, 0.3) is 0 Å². The van der Waals surface area contributed by atoms with E-state index in [0.717, 1.165) is 6.42 Å². The zero-order valence-corrected chi connectivity index (χ0v) is 14.1. The van der Waals surface area contributed by atoms with Crippen LogP contribution in [0.3, 0.4) is 0 Å². The van der Waals surface area contributed by atoms with E-state index in [-0.39, 0.29) is 42.5 Å². The first-order chi connectivity index (χ1) is 12.1. The predicted octanol–water partition coefficient (Wildman–Crippen LogP) is 2.12. The fraction of sp³-hybridized carbons (Fsp3) is 0.556. The number of aliphatic hydroxyl groups is 2. The van der Waals surface area contributed by atoms with E-state index in [4.69, 9.17) is 9.63 Å². The van der Waals surface area contributed by atoms with Crippen LogP contribution in [-0.2, 0) is 17.6 Å². The largest absolute Gasteiger partial charge is 0.511 e. The molecule has 0 aromatic carbocycles. The number of aliphatic hydroxyl groups excluding tert-OH is 2. The minimum atomic E-state index is -0.126. The molecule has 0 unspecified atom stereocenters. The molecule has 7 heteroatoms. The minimum absolute atomic E-state index is 0.0265. The Kier molecular flexibility index (Phi) is 5.43. The molecule has 3 rings (SSSR count). The monoisotopic (exact) mass is 346 g/mol. The summed E-state index contributed by atoms with van der Waals surface area (Å²) in [4.78, 5) is 28.5. The molecule has 1 heterocycles. The number of fused-ring (bicyclic) bond motifs is 1. The van der Waals surface area contributed by atoms with Gasteiger partial charge in [0.05, 0.1) is 30.0 Å². The summed E-state index contributed by atoms with van der Waals surface area (Å²) in [7, 11) is 0. The third kappa shape index (κ3) is 3.71. The molecule has 2 aliphatic carbocycles. The summed E-state index contributed by atoms with van der Waals surface area (Å²) in [5, 5.41) is 23.4. The summed E-state index contributed by atoms with van der Waals surface area (Å²) in [6.07, 6.45) is 4.20. The van der Waals surface area contributed by atoms with Gasteiger partial charge in [0.2, 0.25) is 0 Å². The molecule has 25 heavy (non-hydrogen) atoms. The third-order valence-corrected chi connectivity index (χ3v) is 4.59. The van der Waals surface area contributed by atoms with Crippen molar-refractivity contribution in [1.29, 1.82) is 0 Å². The summed E-state index contributed by atoms with van der Waals surface area (Å²) < 4.78 is 5.24. The fourth-order valence-corrected chi connectivity index (χ4v) is 3.41. The Morgan fingerprint density at radius 3 is 2.68 bits per heavy atom. The standard InChI is InChI=1S/C18H22N2O5/c21-10-9-19-11-3-1-4-13(22)17(11)15(24)8-7-12-18-14(23)5-2-6-16(18)25-20-12/h21,24H,1-10H2/b17-15-,19-11?. The molecule has 134 valence electrons. The van der Waals surface area contributed by atoms with E-state index < -0.39 is 0 Å². The number of aromatic nitrogens is 1. The topological polar surface area (TPSA) is 113 Å². The second kappa shape index (κ2) is 7.74. The molecule has 1 aromatic rings. The van der Waals surface area contributed by atoms with E-state index in [9.17, 15) is 14.7 Å². The number of rotatable bonds is 5. The molecular formula is C18H22N2O5. The average Bonchev–Trinajstić information content (AvgIpc) is 3.02. The summed E-state index contributed by atoms with van der Waals surface area (Å²) in [5.74, 6) is 0.501. The van der Waals surface area contributed by atoms with Crippen LogP contribution in [0, 0.1) is 0 Å². The van der Waals surface area contributed by atoms with Gasteiger partial charge in [-0.15, -0.1) is 0 Å². The van der Waals surface area contributed by atoms with Gasteiger partial charge in [-0.25, -0.2) is 0 Å². The Morgan fingerprint density at radius 1 is 1.12 bits per heavy atom. The Bertz CT molecular complexity index is 745. The van der Waals surface area contributed by atoms with Crippen molar-refractivity contribution in [2.75, 3.05) is 13.2 Å². The van der Waals surface area contributed by atoms with Gasteiger partial charge in [0.1, 0.15) is 11.5 Å². The van der Waals surface area contributed by atoms with Crippen LogP contribution in [0.5, 0.6) is 0 Å². The minimum Gasteiger partial charge on any atom is -0.511 e. The number of nitrogens with zero attached hydrogens (tertiary/aromatic N) is 2. The molecule has 2 aliphatic rings. The van der Waals surface area contributed by atoms with Crippen LogP contribution in [0.1, 0.15) is 60.3 Å². The number of aliphatic imine (C=N–C) groups is 1. The lowest BCUT2D eigenvalue weighted by molar-refractivity contribution is -0.115. The SMILES string of the molecule is O=C1CCCC(=NCCO)/C1=C(/O)CCc1noc2c1C(=O)CCC2. The van der Waals surface area contributed by atoms with Crippen molar-refractivity contribution in [3.8, 4) is 0 Å². The molecule has 0 atom stereocenters. The van der Waals surface area contributed by atoms with Crippen molar-refractivity contribution in [2.45, 2.75) is 51.4 Å². The molecule has 0 aliphatic heterocycles. The molecule has 0 spiro atoms. The Hall–Kier alpha value is -2.28. The maximum atomic E-state index is 12.2. The van der Waals surface area contributed by atoms with E-state index in [1.165, 1.54) is 0 Å². The number of carbonyl (C=O) groups is 2. The molecular weight excluding hydrogens is 324 g/mol. The Morgan fingerprint density at radius 2 is 1.88 bits per heavy atom. The number of carbonyl (C=O) groups excluding carboxylic acids is 2. The molecule has 2 N–H and O–H groups in total. The van der Waals surface area contributed by atoms with Gasteiger partial charge in [0, 0.05) is 37.8 Å². The number of ketones is 2. The highest BCUT2D eigenvalue weighted by molar-refractivity contribution is 6.24. The van der Waals surface area contributed by atoms with Crippen molar-refractivity contribution in [1.82, 2.24) is 5.16 Å². The smallest absolute Gasteiger partial charge is 0.168 e. The van der Waals surface area contributed by atoms with Crippen LogP contribution in [0.2, 0.25) is 0 Å². The van der Waals surface area contributed by atoms with Crippen LogP contribution in [0.15, 0.2) is 20.8 Å². The highest BCUT2D eigenvalue weighted by atomic mass is 16.5. The highest BCUT2D eigenvalue weighted by Crippen LogP contribution is 2.27. The van der Waals surface area contributed by atoms with Gasteiger partial charge in [0.15, 0.2) is 11.6 Å². The van der Waals surface area contributed by atoms with Crippen molar-refractivity contribution in [3.05, 3.63) is 28.3 Å². The predicted molar refractivity (Wildman–Crippen MR) is 90.0 cm³/mol. The third-order valence-electron chi connectivity index (χ3n) is 4.59. The Balaban J connectivity index is 1.79. The van der Waals surface area contributed by atoms with Gasteiger partial charge in [-0.2, -0.15) is 0 Å². The van der Waals surface area contributed by atoms with Gasteiger partial charge < -0.3 is 14.7 Å². The lowest BCUT2D eigenvalue weighted by Crippen LogP contribution is -2.22. The molecule has 0 saturated heterocycles. The maximum absolute atomic E-state index is 12.2. The van der Waals surface area contributed by atoms with Gasteiger partial charge in [-0.05, 0) is 19.3 Å². The van der Waals surface area contributed by atoms with Gasteiger partial charge >= 0.3 is 0 Å². The van der Waals surface area contributed by atoms with Crippen LogP contribution >= 0.6 is 0 Å². The molecule has 1 aromatic heterocycles. The zero-order chi connectivity index (χ0) is 17.8. The average molecular weight is 346 g/mol. The van der Waals surface area contributed by atoms with Crippen molar-refractivity contribution in [3.63, 3.8) is 0 Å². The second-order valence-corrected chi connectivity index (χ2v) is 6.35. The van der Waals surface area contributed by atoms with Crippen LogP contribution in [0.4, 0.5) is 0 Å². The molecule has 1 fully saturated rings. The van der Waals surface area contributed by atoms with E-state index in [1.54, 1.807) is 0 Å². The number of Topliss-reactive ketones (excluding diaryl/α,β-unsaturated/α-hetero) is 2. The summed E-state index contributed by atoms with van der Waals surface area (Å²) in [5.41, 5.74) is 1.92. The lowest BCUT2D eigenvalue weighted by Gasteiger charge is -2.17. The van der Waals surface area contributed by atoms with Crippen molar-refractivity contribution in [2.24, 2.45) is 4.99 Å². The highest BCUT2D eigenvalue weighted by Gasteiger charge is 2.28. The summed E-state index contributed by atoms with van der Waals surface area (Å²) in [6, 6.07) is 0. The van der Waals surface area contributed by atoms with Crippen LogP contribution in [-0.4, -0.2) is 45.8 Å². The summed E-state index contributed by atoms with van der Waals surface area (Å²) in [6.45, 7) is 0.115. The van der Waals surface area contributed by atoms with E-state index in [2.05, 4.69) is 10.1 Å². The van der Waals surface area contributed by atoms with Gasteiger partial charge in [-0.1, -0.05) is 5.16 Å². The first kappa shape index (κ1) is 17.5. The van der Waals surface area contributed by atoms with E-state index >= 15 is 0 Å². The number of aryl methyl sites for hydroxylation is 2. The Labute approximate surface area is 145 Å². The van der Waals surface area contributed by atoms with Gasteiger partial charge in [0.25, 0.3) is 0 Å². The first-order valence-electron chi connectivity index (χ1n) is 8.72. The number of hydrogen-bond donors (Lipinski definition) is 2. The molecule has 7 nitrogen and oxygen atoms in total. The second-order valence-electron chi connectivity index (χ2n) is 6.35. The molecule has 0 radical (unpaired) electrons. The fourth-order valence-electron chi connectivity index (χ4n) is 3.41. The molecule has 0 bridgehead atoms. The van der Waals surface area contributed by atoms with Crippen molar-refractivity contribution >= 4 is 17.3 Å². The van der Waals surface area contributed by atoms with Gasteiger partial charge in [-0.3, -0.25) is 14.6 Å². The quantitative estimate of drug-likeness (QED) is 0.624. The first-order valence-corrected chi connectivity index (χ1v) is 8.72.